The minimum Gasteiger partial charge on any atom is -0.365 e. The highest BCUT2D eigenvalue weighted by Crippen LogP contribution is 2.19. The van der Waals surface area contributed by atoms with Gasteiger partial charge in [0.1, 0.15) is 6.10 Å². The highest BCUT2D eigenvalue weighted by Gasteiger charge is 2.21. The first-order valence-electron chi connectivity index (χ1n) is 1.47. The average molecular weight is 136 g/mol. The number of ether oxygens (including phenoxy) is 1. The van der Waals surface area contributed by atoms with E-state index in [9.17, 15) is 0 Å². The van der Waals surface area contributed by atoms with E-state index in [0.29, 0.717) is 0 Å². The molecule has 0 N–H and O–H groups in total. The van der Waals surface area contributed by atoms with Crippen molar-refractivity contribution < 1.29 is 4.74 Å². The Hall–Kier alpha value is 0.440. The van der Waals surface area contributed by atoms with Crippen molar-refractivity contribution in [2.24, 2.45) is 0 Å². The second-order valence-corrected chi connectivity index (χ2v) is 1.52. The van der Waals surface area contributed by atoms with Crippen LogP contribution >= 0.6 is 15.9 Å². The summed E-state index contributed by atoms with van der Waals surface area (Å²) < 4.78 is 4.73. The molecule has 1 radical (unpaired) electrons. The van der Waals surface area contributed by atoms with Gasteiger partial charge in [-0.2, -0.15) is 0 Å². The van der Waals surface area contributed by atoms with Gasteiger partial charge in [0.15, 0.2) is 0 Å². The summed E-state index contributed by atoms with van der Waals surface area (Å²) in [5.74, 6) is 0. The molecule has 0 amide bonds. The second-order valence-electron chi connectivity index (χ2n) is 0.961. The molecule has 0 atom stereocenters. The molecular formula is C3H4BrO. The normalized spacial score (nSPS) is 23.4. The second kappa shape index (κ2) is 1.27. The van der Waals surface area contributed by atoms with Crippen LogP contribution in [0.15, 0.2) is 0 Å². The molecule has 0 bridgehead atoms. The first kappa shape index (κ1) is 3.62. The molecule has 29 valence electrons. The maximum Gasteiger partial charge on any atom is 0.133 e. The van der Waals surface area contributed by atoms with Gasteiger partial charge in [-0.15, -0.1) is 0 Å². The zero-order chi connectivity index (χ0) is 3.70. The minimum atomic E-state index is 0.880. The highest BCUT2D eigenvalue weighted by atomic mass is 79.9. The molecule has 0 aromatic heterocycles. The van der Waals surface area contributed by atoms with E-state index in [2.05, 4.69) is 15.9 Å². The first-order valence-corrected chi connectivity index (χ1v) is 2.59. The van der Waals surface area contributed by atoms with E-state index in [4.69, 9.17) is 4.74 Å². The van der Waals surface area contributed by atoms with Crippen molar-refractivity contribution >= 4 is 15.9 Å². The van der Waals surface area contributed by atoms with Crippen LogP contribution in [0.5, 0.6) is 0 Å². The van der Waals surface area contributed by atoms with E-state index in [1.54, 1.807) is 0 Å². The Balaban J connectivity index is 2.00. The van der Waals surface area contributed by atoms with Crippen LogP contribution in [-0.2, 0) is 4.74 Å². The van der Waals surface area contributed by atoms with Gasteiger partial charge in [-0.3, -0.25) is 0 Å². The number of rotatable bonds is 1. The lowest BCUT2D eigenvalue weighted by Gasteiger charge is -1.65. The molecule has 1 fully saturated rings. The topological polar surface area (TPSA) is 12.5 Å². The maximum absolute atomic E-state index is 4.73. The lowest BCUT2D eigenvalue weighted by Crippen LogP contribution is -1.66. The summed E-state index contributed by atoms with van der Waals surface area (Å²) >= 11 is 3.21. The number of alkyl halides is 1. The fourth-order valence-corrected chi connectivity index (χ4v) is 0.452. The largest absolute Gasteiger partial charge is 0.365 e. The van der Waals surface area contributed by atoms with Gasteiger partial charge < -0.3 is 4.74 Å². The fourth-order valence-electron chi connectivity index (χ4n) is 0.128. The molecule has 1 nitrogen and oxygen atoms in total. The Morgan fingerprint density at radius 2 is 2.60 bits per heavy atom. The monoisotopic (exact) mass is 135 g/mol. The first-order chi connectivity index (χ1) is 2.43. The summed E-state index contributed by atoms with van der Waals surface area (Å²) in [6, 6.07) is 0. The molecule has 0 aromatic carbocycles. The standard InChI is InChI=1S/C3H4BrO/c4-1-3-2-5-3/h1-2H2. The zero-order valence-electron chi connectivity index (χ0n) is 2.70. The maximum atomic E-state index is 4.73. The van der Waals surface area contributed by atoms with Gasteiger partial charge in [0.05, 0.1) is 6.61 Å². The van der Waals surface area contributed by atoms with E-state index in [1.165, 1.54) is 6.10 Å². The summed E-state index contributed by atoms with van der Waals surface area (Å²) in [6.45, 7) is 0.880. The summed E-state index contributed by atoms with van der Waals surface area (Å²) in [6.07, 6.45) is 1.17. The molecule has 1 aliphatic rings. The summed E-state index contributed by atoms with van der Waals surface area (Å²) in [5, 5.41) is 0.924. The van der Waals surface area contributed by atoms with Crippen LogP contribution in [0.3, 0.4) is 0 Å². The zero-order valence-corrected chi connectivity index (χ0v) is 4.29. The van der Waals surface area contributed by atoms with Crippen LogP contribution in [0.2, 0.25) is 0 Å². The molecule has 0 spiro atoms. The van der Waals surface area contributed by atoms with Crippen molar-refractivity contribution in [1.29, 1.82) is 0 Å². The lowest BCUT2D eigenvalue weighted by atomic mass is 10.6. The predicted octanol–water partition coefficient (Wildman–Crippen LogP) is 0.943. The Bertz CT molecular complexity index is 33.9. The molecule has 1 rings (SSSR count). The van der Waals surface area contributed by atoms with Crippen LogP contribution in [0.25, 0.3) is 0 Å². The van der Waals surface area contributed by atoms with E-state index >= 15 is 0 Å². The van der Waals surface area contributed by atoms with Crippen LogP contribution in [0.1, 0.15) is 0 Å². The van der Waals surface area contributed by atoms with Crippen molar-refractivity contribution in [1.82, 2.24) is 0 Å². The third-order valence-corrected chi connectivity index (χ3v) is 1.12. The molecule has 0 aliphatic carbocycles. The third kappa shape index (κ3) is 0.893. The highest BCUT2D eigenvalue weighted by molar-refractivity contribution is 9.09. The van der Waals surface area contributed by atoms with Crippen molar-refractivity contribution in [2.45, 2.75) is 0 Å². The molecule has 1 saturated heterocycles. The van der Waals surface area contributed by atoms with Gasteiger partial charge in [-0.25, -0.2) is 0 Å². The molecular weight excluding hydrogens is 132 g/mol. The number of epoxide rings is 1. The smallest absolute Gasteiger partial charge is 0.133 e. The predicted molar refractivity (Wildman–Crippen MR) is 23.0 cm³/mol. The van der Waals surface area contributed by atoms with Gasteiger partial charge in [0, 0.05) is 5.33 Å². The van der Waals surface area contributed by atoms with Gasteiger partial charge in [-0.05, 0) is 0 Å². The molecule has 0 unspecified atom stereocenters. The summed E-state index contributed by atoms with van der Waals surface area (Å²) in [5.41, 5.74) is 0. The van der Waals surface area contributed by atoms with E-state index in [-0.39, 0.29) is 0 Å². The molecule has 0 saturated carbocycles. The van der Waals surface area contributed by atoms with Gasteiger partial charge in [0.25, 0.3) is 0 Å². The summed E-state index contributed by atoms with van der Waals surface area (Å²) in [4.78, 5) is 0. The van der Waals surface area contributed by atoms with Gasteiger partial charge in [-0.1, -0.05) is 15.9 Å². The van der Waals surface area contributed by atoms with Crippen molar-refractivity contribution in [2.75, 3.05) is 11.9 Å². The quantitative estimate of drug-likeness (QED) is 0.386. The minimum absolute atomic E-state index is 0.880. The van der Waals surface area contributed by atoms with Crippen LogP contribution in [0.4, 0.5) is 0 Å². The third-order valence-electron chi connectivity index (χ3n) is 0.498. The Labute approximate surface area is 39.4 Å². The van der Waals surface area contributed by atoms with Crippen molar-refractivity contribution in [3.05, 3.63) is 6.10 Å². The van der Waals surface area contributed by atoms with E-state index in [1.807, 2.05) is 0 Å². The number of hydrogen-bond donors (Lipinski definition) is 0. The fraction of sp³-hybridized carbons (Fsp3) is 0.667. The summed E-state index contributed by atoms with van der Waals surface area (Å²) in [7, 11) is 0. The van der Waals surface area contributed by atoms with Crippen LogP contribution in [0, 0.1) is 6.10 Å². The Morgan fingerprint density at radius 3 is 2.60 bits per heavy atom. The molecule has 5 heavy (non-hydrogen) atoms. The van der Waals surface area contributed by atoms with Crippen LogP contribution in [-0.4, -0.2) is 11.9 Å². The average Bonchev–Trinajstić information content (AvgIpc) is 2.12. The molecule has 1 heterocycles. The van der Waals surface area contributed by atoms with Gasteiger partial charge in [0.2, 0.25) is 0 Å². The van der Waals surface area contributed by atoms with E-state index in [0.717, 1.165) is 11.9 Å². The SMILES string of the molecule is BrC[C]1CO1. The lowest BCUT2D eigenvalue weighted by molar-refractivity contribution is 0.477. The number of hydrogen-bond acceptors (Lipinski definition) is 1. The number of halogens is 1. The molecule has 2 heteroatoms. The Morgan fingerprint density at radius 1 is 2.00 bits per heavy atom. The molecule has 0 aromatic rings. The van der Waals surface area contributed by atoms with Crippen molar-refractivity contribution in [3.63, 3.8) is 0 Å². The Kier molecular flexibility index (Phi) is 0.918. The molecule has 1 aliphatic heterocycles. The van der Waals surface area contributed by atoms with Crippen LogP contribution < -0.4 is 0 Å². The van der Waals surface area contributed by atoms with Gasteiger partial charge >= 0.3 is 0 Å². The van der Waals surface area contributed by atoms with Crippen molar-refractivity contribution in [3.8, 4) is 0 Å². The van der Waals surface area contributed by atoms with E-state index < -0.39 is 0 Å².